The van der Waals surface area contributed by atoms with Gasteiger partial charge in [-0.25, -0.2) is 4.79 Å². The van der Waals surface area contributed by atoms with Crippen LogP contribution in [0.25, 0.3) is 0 Å². The van der Waals surface area contributed by atoms with Crippen LogP contribution < -0.4 is 5.32 Å². The van der Waals surface area contributed by atoms with Crippen molar-refractivity contribution < 1.29 is 14.7 Å². The van der Waals surface area contributed by atoms with Gasteiger partial charge >= 0.3 is 5.97 Å². The molecule has 1 unspecified atom stereocenters. The fraction of sp³-hybridized carbons (Fsp3) is 0.750. The van der Waals surface area contributed by atoms with E-state index in [1.165, 1.54) is 38.5 Å². The van der Waals surface area contributed by atoms with Gasteiger partial charge in [-0.2, -0.15) is 0 Å². The molecule has 4 heteroatoms. The van der Waals surface area contributed by atoms with Crippen molar-refractivity contribution in [2.75, 3.05) is 0 Å². The van der Waals surface area contributed by atoms with Crippen molar-refractivity contribution >= 4 is 11.9 Å². The Balaban J connectivity index is 3.57. The van der Waals surface area contributed by atoms with Crippen LogP contribution in [0.1, 0.15) is 104 Å². The molecule has 1 atom stereocenters. The molecular formula is C24H43NO3. The van der Waals surface area contributed by atoms with Crippen molar-refractivity contribution in [3.8, 4) is 0 Å². The van der Waals surface area contributed by atoms with Crippen LogP contribution in [0.3, 0.4) is 0 Å². The maximum atomic E-state index is 11.9. The summed E-state index contributed by atoms with van der Waals surface area (Å²) in [6, 6.07) is -0.759. The quantitative estimate of drug-likeness (QED) is 0.209. The molecule has 0 aromatic heterocycles. The number of nitrogens with one attached hydrogen (secondary N) is 1. The summed E-state index contributed by atoms with van der Waals surface area (Å²) in [6.45, 7) is 6.15. The molecule has 0 rings (SSSR count). The normalized spacial score (nSPS) is 12.9. The Morgan fingerprint density at radius 3 is 2.00 bits per heavy atom. The number of carboxylic acid groups (broad SMARTS) is 1. The fourth-order valence-corrected chi connectivity index (χ4v) is 3.06. The molecule has 28 heavy (non-hydrogen) atoms. The Labute approximate surface area is 172 Å². The van der Waals surface area contributed by atoms with Crippen molar-refractivity contribution in [3.05, 3.63) is 24.3 Å². The van der Waals surface area contributed by atoms with E-state index in [1.807, 2.05) is 13.8 Å². The molecule has 0 spiro atoms. The highest BCUT2D eigenvalue weighted by Gasteiger charge is 2.20. The fourth-order valence-electron chi connectivity index (χ4n) is 3.06. The molecule has 0 aliphatic rings. The van der Waals surface area contributed by atoms with Gasteiger partial charge in [-0.05, 0) is 50.9 Å². The van der Waals surface area contributed by atoms with Crippen LogP contribution in [-0.2, 0) is 9.59 Å². The van der Waals surface area contributed by atoms with Crippen molar-refractivity contribution in [2.24, 2.45) is 5.92 Å². The van der Waals surface area contributed by atoms with Gasteiger partial charge in [0.15, 0.2) is 0 Å². The zero-order valence-corrected chi connectivity index (χ0v) is 18.4. The smallest absolute Gasteiger partial charge is 0.326 e. The molecule has 0 saturated carbocycles. The second kappa shape index (κ2) is 18.8. The van der Waals surface area contributed by atoms with Gasteiger partial charge in [0.25, 0.3) is 0 Å². The molecule has 162 valence electrons. The maximum Gasteiger partial charge on any atom is 0.326 e. The average Bonchev–Trinajstić information content (AvgIpc) is 2.64. The number of amides is 1. The molecule has 0 aromatic rings. The molecule has 0 fully saturated rings. The number of carboxylic acids is 1. The Kier molecular flexibility index (Phi) is 17.7. The van der Waals surface area contributed by atoms with E-state index >= 15 is 0 Å². The summed E-state index contributed by atoms with van der Waals surface area (Å²) < 4.78 is 0. The number of rotatable bonds is 18. The van der Waals surface area contributed by atoms with E-state index in [1.54, 1.807) is 0 Å². The zero-order chi connectivity index (χ0) is 21.0. The van der Waals surface area contributed by atoms with Crippen LogP contribution in [0, 0.1) is 5.92 Å². The summed E-state index contributed by atoms with van der Waals surface area (Å²) in [5.41, 5.74) is 0. The van der Waals surface area contributed by atoms with Gasteiger partial charge in [-0.15, -0.1) is 0 Å². The largest absolute Gasteiger partial charge is 0.480 e. The molecule has 2 N–H and O–H groups in total. The second-order valence-corrected chi connectivity index (χ2v) is 8.07. The van der Waals surface area contributed by atoms with E-state index in [9.17, 15) is 9.59 Å². The van der Waals surface area contributed by atoms with Gasteiger partial charge in [0.2, 0.25) is 5.91 Å². The van der Waals surface area contributed by atoms with E-state index in [2.05, 4.69) is 36.5 Å². The molecule has 0 saturated heterocycles. The molecule has 0 aromatic carbocycles. The Morgan fingerprint density at radius 1 is 0.857 bits per heavy atom. The predicted octanol–water partition coefficient (Wildman–Crippen LogP) is 6.42. The Hall–Kier alpha value is -1.58. The SMILES string of the molecule is CCCCCC=CCC=CCCCCCCCC(=O)NC(CC(C)C)C(=O)O. The highest BCUT2D eigenvalue weighted by molar-refractivity contribution is 5.83. The van der Waals surface area contributed by atoms with E-state index in [0.717, 1.165) is 32.1 Å². The zero-order valence-electron chi connectivity index (χ0n) is 18.4. The highest BCUT2D eigenvalue weighted by atomic mass is 16.4. The lowest BCUT2D eigenvalue weighted by Gasteiger charge is -2.16. The highest BCUT2D eigenvalue weighted by Crippen LogP contribution is 2.09. The number of carbonyl (C=O) groups is 2. The van der Waals surface area contributed by atoms with Crippen LogP contribution >= 0.6 is 0 Å². The lowest BCUT2D eigenvalue weighted by molar-refractivity contribution is -0.142. The first kappa shape index (κ1) is 26.4. The minimum Gasteiger partial charge on any atom is -0.480 e. The van der Waals surface area contributed by atoms with Crippen molar-refractivity contribution in [1.29, 1.82) is 0 Å². The van der Waals surface area contributed by atoms with Crippen LogP contribution in [0.2, 0.25) is 0 Å². The number of allylic oxidation sites excluding steroid dienone is 4. The molecular weight excluding hydrogens is 350 g/mol. The lowest BCUT2D eigenvalue weighted by atomic mass is 10.0. The predicted molar refractivity (Wildman–Crippen MR) is 118 cm³/mol. The third kappa shape index (κ3) is 17.8. The van der Waals surface area contributed by atoms with Gasteiger partial charge in [-0.1, -0.05) is 77.2 Å². The third-order valence-corrected chi connectivity index (χ3v) is 4.69. The first-order chi connectivity index (χ1) is 13.5. The molecule has 1 amide bonds. The van der Waals surface area contributed by atoms with Crippen LogP contribution in [0.4, 0.5) is 0 Å². The first-order valence-corrected chi connectivity index (χ1v) is 11.3. The summed E-state index contributed by atoms with van der Waals surface area (Å²) in [4.78, 5) is 23.0. The van der Waals surface area contributed by atoms with Crippen molar-refractivity contribution in [1.82, 2.24) is 5.32 Å². The second-order valence-electron chi connectivity index (χ2n) is 8.07. The van der Waals surface area contributed by atoms with Crippen LogP contribution in [-0.4, -0.2) is 23.0 Å². The number of hydrogen-bond acceptors (Lipinski definition) is 2. The van der Waals surface area contributed by atoms with Gasteiger partial charge in [0.05, 0.1) is 0 Å². The van der Waals surface area contributed by atoms with Gasteiger partial charge in [0.1, 0.15) is 6.04 Å². The van der Waals surface area contributed by atoms with Crippen LogP contribution in [0.15, 0.2) is 24.3 Å². The topological polar surface area (TPSA) is 66.4 Å². The lowest BCUT2D eigenvalue weighted by Crippen LogP contribution is -2.41. The van der Waals surface area contributed by atoms with E-state index in [0.29, 0.717) is 12.8 Å². The summed E-state index contributed by atoms with van der Waals surface area (Å²) >= 11 is 0. The summed E-state index contributed by atoms with van der Waals surface area (Å²) in [5.74, 6) is -0.835. The maximum absolute atomic E-state index is 11.9. The first-order valence-electron chi connectivity index (χ1n) is 11.3. The Bertz CT molecular complexity index is 455. The minimum absolute atomic E-state index is 0.140. The molecule has 0 heterocycles. The summed E-state index contributed by atoms with van der Waals surface area (Å²) in [5, 5.41) is 11.8. The monoisotopic (exact) mass is 393 g/mol. The van der Waals surface area contributed by atoms with Gasteiger partial charge in [-0.3, -0.25) is 4.79 Å². The van der Waals surface area contributed by atoms with Crippen molar-refractivity contribution in [2.45, 2.75) is 110 Å². The van der Waals surface area contributed by atoms with Gasteiger partial charge in [0, 0.05) is 6.42 Å². The van der Waals surface area contributed by atoms with E-state index in [-0.39, 0.29) is 11.8 Å². The van der Waals surface area contributed by atoms with Gasteiger partial charge < -0.3 is 10.4 Å². The van der Waals surface area contributed by atoms with Crippen LogP contribution in [0.5, 0.6) is 0 Å². The molecule has 0 bridgehead atoms. The standard InChI is InChI=1S/C24H43NO3/c1-4-5-6-7-8-9-10-11-12-13-14-15-16-17-18-19-23(26)25-22(24(27)28)20-21(2)3/h8-9,11-12,21-22H,4-7,10,13-20H2,1-3H3,(H,25,26)(H,27,28). The molecule has 0 radical (unpaired) electrons. The number of unbranched alkanes of at least 4 members (excludes halogenated alkanes) is 8. The summed E-state index contributed by atoms with van der Waals surface area (Å²) in [7, 11) is 0. The number of aliphatic carboxylic acids is 1. The molecule has 0 aliphatic heterocycles. The van der Waals surface area contributed by atoms with E-state index in [4.69, 9.17) is 5.11 Å². The van der Waals surface area contributed by atoms with E-state index < -0.39 is 12.0 Å². The number of hydrogen-bond donors (Lipinski definition) is 2. The third-order valence-electron chi connectivity index (χ3n) is 4.69. The average molecular weight is 394 g/mol. The van der Waals surface area contributed by atoms with Crippen molar-refractivity contribution in [3.63, 3.8) is 0 Å². The summed E-state index contributed by atoms with van der Waals surface area (Å²) in [6.07, 6.45) is 22.6. The Morgan fingerprint density at radius 2 is 1.43 bits per heavy atom. The molecule has 0 aliphatic carbocycles. The molecule has 4 nitrogen and oxygen atoms in total. The minimum atomic E-state index is -0.943. The number of carbonyl (C=O) groups excluding carboxylic acids is 1.